The first-order valence-corrected chi connectivity index (χ1v) is 7.14. The Kier molecular flexibility index (Phi) is 3.41. The zero-order valence-corrected chi connectivity index (χ0v) is 11.6. The van der Waals surface area contributed by atoms with Crippen LogP contribution in [-0.4, -0.2) is 24.6 Å². The second-order valence-corrected chi connectivity index (χ2v) is 5.61. The number of rotatable bonds is 3. The molecule has 0 radical (unpaired) electrons. The van der Waals surface area contributed by atoms with Gasteiger partial charge in [-0.1, -0.05) is 25.0 Å². The number of carbonyl (C=O) groups excluding carboxylic acids is 1. The molecule has 1 heterocycles. The van der Waals surface area contributed by atoms with Crippen molar-refractivity contribution in [3.63, 3.8) is 0 Å². The third-order valence-electron chi connectivity index (χ3n) is 4.16. The average Bonchev–Trinajstić information content (AvgIpc) is 3.10. The smallest absolute Gasteiger partial charge is 0.235 e. The van der Waals surface area contributed by atoms with Crippen molar-refractivity contribution in [2.24, 2.45) is 9.98 Å². The minimum Gasteiger partial charge on any atom is -0.475 e. The molecule has 0 aromatic heterocycles. The highest BCUT2D eigenvalue weighted by atomic mass is 16.5. The molecule has 1 aliphatic heterocycles. The van der Waals surface area contributed by atoms with Crippen LogP contribution < -0.4 is 0 Å². The van der Waals surface area contributed by atoms with Gasteiger partial charge in [0.1, 0.15) is 6.61 Å². The van der Waals surface area contributed by atoms with Crippen molar-refractivity contribution in [1.82, 2.24) is 0 Å². The lowest BCUT2D eigenvalue weighted by atomic mass is 9.88. The van der Waals surface area contributed by atoms with Crippen LogP contribution in [0.5, 0.6) is 0 Å². The van der Waals surface area contributed by atoms with E-state index in [9.17, 15) is 4.79 Å². The summed E-state index contributed by atoms with van der Waals surface area (Å²) in [4.78, 5) is 19.3. The van der Waals surface area contributed by atoms with E-state index < -0.39 is 0 Å². The molecular weight excluding hydrogens is 252 g/mol. The Labute approximate surface area is 118 Å². The number of benzene rings is 1. The Balaban J connectivity index is 1.89. The number of isocyanates is 1. The molecule has 1 aromatic rings. The standard InChI is InChI=1S/C16H18N2O2/c1-12-10-20-15(18-12)13-4-6-14(7-5-13)16(17-11-19)8-2-3-9-16/h4-7,12H,2-3,8-10H2,1H3. The van der Waals surface area contributed by atoms with Gasteiger partial charge in [0, 0.05) is 5.56 Å². The topological polar surface area (TPSA) is 51.0 Å². The van der Waals surface area contributed by atoms with Crippen LogP contribution in [0.4, 0.5) is 0 Å². The SMILES string of the molecule is CC1COC(c2ccc(C3(N=C=O)CCCC3)cc2)=N1. The molecule has 0 spiro atoms. The van der Waals surface area contributed by atoms with Gasteiger partial charge in [0.05, 0.1) is 11.6 Å². The molecule has 104 valence electrons. The molecule has 1 saturated carbocycles. The molecule has 1 unspecified atom stereocenters. The lowest BCUT2D eigenvalue weighted by molar-refractivity contribution is 0.324. The zero-order valence-electron chi connectivity index (χ0n) is 11.6. The van der Waals surface area contributed by atoms with Crippen molar-refractivity contribution in [2.45, 2.75) is 44.2 Å². The van der Waals surface area contributed by atoms with Crippen LogP contribution in [-0.2, 0) is 15.1 Å². The molecule has 0 saturated heterocycles. The monoisotopic (exact) mass is 270 g/mol. The maximum atomic E-state index is 10.7. The third kappa shape index (κ3) is 2.27. The van der Waals surface area contributed by atoms with Crippen molar-refractivity contribution < 1.29 is 9.53 Å². The van der Waals surface area contributed by atoms with E-state index in [1.807, 2.05) is 31.2 Å². The van der Waals surface area contributed by atoms with Crippen LogP contribution in [0, 0.1) is 0 Å². The highest BCUT2D eigenvalue weighted by Crippen LogP contribution is 2.42. The summed E-state index contributed by atoms with van der Waals surface area (Å²) in [6, 6.07) is 8.32. The molecule has 0 N–H and O–H groups in total. The lowest BCUT2D eigenvalue weighted by Crippen LogP contribution is -2.19. The number of aliphatic imine (C=N–C) groups is 2. The molecule has 3 rings (SSSR count). The molecule has 1 aromatic carbocycles. The van der Waals surface area contributed by atoms with Crippen LogP contribution in [0.1, 0.15) is 43.7 Å². The largest absolute Gasteiger partial charge is 0.475 e. The molecule has 20 heavy (non-hydrogen) atoms. The maximum absolute atomic E-state index is 10.7. The molecule has 1 fully saturated rings. The Morgan fingerprint density at radius 3 is 2.55 bits per heavy atom. The van der Waals surface area contributed by atoms with Gasteiger partial charge >= 0.3 is 0 Å². The summed E-state index contributed by atoms with van der Waals surface area (Å²) in [7, 11) is 0. The van der Waals surface area contributed by atoms with E-state index in [0.717, 1.165) is 36.8 Å². The Morgan fingerprint density at radius 2 is 2.00 bits per heavy atom. The normalized spacial score (nSPS) is 23.9. The van der Waals surface area contributed by atoms with Crippen LogP contribution in [0.25, 0.3) is 0 Å². The molecule has 1 aliphatic carbocycles. The number of hydrogen-bond acceptors (Lipinski definition) is 4. The molecule has 0 bridgehead atoms. The van der Waals surface area contributed by atoms with Crippen molar-refractivity contribution in [3.05, 3.63) is 35.4 Å². The Morgan fingerprint density at radius 1 is 1.30 bits per heavy atom. The lowest BCUT2D eigenvalue weighted by Gasteiger charge is -2.22. The van der Waals surface area contributed by atoms with Gasteiger partial charge in [-0.3, -0.25) is 0 Å². The van der Waals surface area contributed by atoms with E-state index in [0.29, 0.717) is 12.5 Å². The minimum absolute atomic E-state index is 0.227. The van der Waals surface area contributed by atoms with Gasteiger partial charge in [0.25, 0.3) is 0 Å². The second kappa shape index (κ2) is 5.22. The number of ether oxygens (including phenoxy) is 1. The number of nitrogens with zero attached hydrogens (tertiary/aromatic N) is 2. The van der Waals surface area contributed by atoms with E-state index in [-0.39, 0.29) is 11.6 Å². The average molecular weight is 270 g/mol. The fourth-order valence-corrected chi connectivity index (χ4v) is 3.07. The number of hydrogen-bond donors (Lipinski definition) is 0. The summed E-state index contributed by atoms with van der Waals surface area (Å²) in [6.45, 7) is 2.68. The highest BCUT2D eigenvalue weighted by molar-refractivity contribution is 5.95. The second-order valence-electron chi connectivity index (χ2n) is 5.61. The van der Waals surface area contributed by atoms with Gasteiger partial charge in [-0.15, -0.1) is 0 Å². The maximum Gasteiger partial charge on any atom is 0.235 e. The van der Waals surface area contributed by atoms with Gasteiger partial charge in [0.15, 0.2) is 0 Å². The van der Waals surface area contributed by atoms with Crippen LogP contribution in [0.2, 0.25) is 0 Å². The van der Waals surface area contributed by atoms with E-state index in [4.69, 9.17) is 4.74 Å². The first-order valence-electron chi connectivity index (χ1n) is 7.14. The summed E-state index contributed by atoms with van der Waals surface area (Å²) < 4.78 is 5.55. The Hall–Kier alpha value is -1.93. The van der Waals surface area contributed by atoms with Crippen LogP contribution in [0.3, 0.4) is 0 Å². The summed E-state index contributed by atoms with van der Waals surface area (Å²) >= 11 is 0. The molecule has 4 nitrogen and oxygen atoms in total. The quantitative estimate of drug-likeness (QED) is 0.626. The van der Waals surface area contributed by atoms with Gasteiger partial charge in [0.2, 0.25) is 12.0 Å². The van der Waals surface area contributed by atoms with Crippen molar-refractivity contribution in [3.8, 4) is 0 Å². The molecule has 0 amide bonds. The van der Waals surface area contributed by atoms with Crippen molar-refractivity contribution in [1.29, 1.82) is 0 Å². The summed E-state index contributed by atoms with van der Waals surface area (Å²) in [5.41, 5.74) is 1.72. The van der Waals surface area contributed by atoms with Gasteiger partial charge in [-0.25, -0.2) is 9.79 Å². The van der Waals surface area contributed by atoms with Gasteiger partial charge < -0.3 is 4.74 Å². The molecule has 1 atom stereocenters. The Bertz CT molecular complexity index is 565. The van der Waals surface area contributed by atoms with Crippen LogP contribution in [0.15, 0.2) is 34.3 Å². The fraction of sp³-hybridized carbons (Fsp3) is 0.500. The predicted molar refractivity (Wildman–Crippen MR) is 76.7 cm³/mol. The minimum atomic E-state index is -0.355. The summed E-state index contributed by atoms with van der Waals surface area (Å²) in [5, 5.41) is 0. The fourth-order valence-electron chi connectivity index (χ4n) is 3.07. The van der Waals surface area contributed by atoms with E-state index in [1.165, 1.54) is 0 Å². The molecule has 2 aliphatic rings. The summed E-state index contributed by atoms with van der Waals surface area (Å²) in [5.74, 6) is 0.711. The third-order valence-corrected chi connectivity index (χ3v) is 4.16. The van der Waals surface area contributed by atoms with Crippen molar-refractivity contribution >= 4 is 12.0 Å². The van der Waals surface area contributed by atoms with Gasteiger partial charge in [-0.2, -0.15) is 4.99 Å². The van der Waals surface area contributed by atoms with Crippen LogP contribution >= 0.6 is 0 Å². The van der Waals surface area contributed by atoms with E-state index >= 15 is 0 Å². The predicted octanol–water partition coefficient (Wildman–Crippen LogP) is 2.96. The van der Waals surface area contributed by atoms with Gasteiger partial charge in [-0.05, 0) is 37.5 Å². The van der Waals surface area contributed by atoms with Crippen molar-refractivity contribution in [2.75, 3.05) is 6.61 Å². The molecule has 4 heteroatoms. The first-order chi connectivity index (χ1) is 9.73. The summed E-state index contributed by atoms with van der Waals surface area (Å²) in [6.07, 6.45) is 5.83. The van der Waals surface area contributed by atoms with E-state index in [1.54, 1.807) is 6.08 Å². The zero-order chi connectivity index (χ0) is 14.0. The molecular formula is C16H18N2O2. The first kappa shape index (κ1) is 13.1. The highest BCUT2D eigenvalue weighted by Gasteiger charge is 2.35. The van der Waals surface area contributed by atoms with E-state index in [2.05, 4.69) is 9.98 Å².